The Balaban J connectivity index is 1.32. The fourth-order valence-electron chi connectivity index (χ4n) is 3.96. The molecule has 0 saturated carbocycles. The van der Waals surface area contributed by atoms with Gasteiger partial charge in [0, 0.05) is 51.7 Å². The molecule has 0 radical (unpaired) electrons. The minimum atomic E-state index is -0.246. The third kappa shape index (κ3) is 4.53. The Morgan fingerprint density at radius 1 is 1.23 bits per heavy atom. The van der Waals surface area contributed by atoms with Crippen molar-refractivity contribution in [2.24, 2.45) is 10.9 Å². The van der Waals surface area contributed by atoms with E-state index in [1.807, 2.05) is 38.0 Å². The summed E-state index contributed by atoms with van der Waals surface area (Å²) in [6.07, 6.45) is 9.58. The summed E-state index contributed by atoms with van der Waals surface area (Å²) < 4.78 is 17.1. The lowest BCUT2D eigenvalue weighted by atomic mass is 9.93. The number of halogens is 1. The Kier molecular flexibility index (Phi) is 6.11. The molecule has 3 aromatic rings. The van der Waals surface area contributed by atoms with Gasteiger partial charge in [0.05, 0.1) is 23.8 Å². The molecule has 4 rings (SSSR count). The summed E-state index contributed by atoms with van der Waals surface area (Å²) in [5.74, 6) is 1.28. The molecule has 0 aliphatic carbocycles. The molecule has 2 atom stereocenters. The van der Waals surface area contributed by atoms with Crippen LogP contribution in [0.15, 0.2) is 60.2 Å². The minimum absolute atomic E-state index is 0.246. The quantitative estimate of drug-likeness (QED) is 0.520. The molecule has 30 heavy (non-hydrogen) atoms. The minimum Gasteiger partial charge on any atom is -0.356 e. The Bertz CT molecular complexity index is 962. The summed E-state index contributed by atoms with van der Waals surface area (Å²) in [6.45, 7) is 4.95. The molecule has 0 bridgehead atoms. The van der Waals surface area contributed by atoms with Crippen LogP contribution in [0.2, 0.25) is 0 Å². The van der Waals surface area contributed by atoms with Gasteiger partial charge in [-0.1, -0.05) is 6.92 Å². The van der Waals surface area contributed by atoms with Crippen molar-refractivity contribution in [3.63, 3.8) is 0 Å². The molecule has 1 N–H and O–H groups in total. The highest BCUT2D eigenvalue weighted by atomic mass is 19.1. The van der Waals surface area contributed by atoms with Crippen molar-refractivity contribution in [2.75, 3.05) is 26.7 Å². The maximum Gasteiger partial charge on any atom is 0.193 e. The second-order valence-corrected chi connectivity index (χ2v) is 7.74. The first-order valence-electron chi connectivity index (χ1n) is 10.4. The molecule has 2 unspecified atom stereocenters. The zero-order chi connectivity index (χ0) is 20.9. The number of hydrogen-bond donors (Lipinski definition) is 1. The Morgan fingerprint density at radius 2 is 2.07 bits per heavy atom. The van der Waals surface area contributed by atoms with Gasteiger partial charge >= 0.3 is 0 Å². The van der Waals surface area contributed by atoms with Crippen LogP contribution >= 0.6 is 0 Å². The summed E-state index contributed by atoms with van der Waals surface area (Å²) in [5.41, 5.74) is 1.82. The second-order valence-electron chi connectivity index (χ2n) is 7.74. The van der Waals surface area contributed by atoms with E-state index in [1.165, 1.54) is 12.1 Å². The standard InChI is InChI=1S/C22H28FN7/c1-17-8-12-28(15-21(17)29-14-11-25-16-29)22(24-2)26-10-7-19-9-13-30(27-19)20-5-3-18(23)4-6-20/h3-6,9,11,13-14,16-17,21H,7-8,10,12,15H2,1-2H3,(H,24,26). The number of hydrogen-bond acceptors (Lipinski definition) is 3. The summed E-state index contributed by atoms with van der Waals surface area (Å²) >= 11 is 0. The molecular weight excluding hydrogens is 381 g/mol. The maximum atomic E-state index is 13.1. The number of rotatable bonds is 5. The fraction of sp³-hybridized carbons (Fsp3) is 0.409. The van der Waals surface area contributed by atoms with Crippen LogP contribution in [-0.2, 0) is 6.42 Å². The number of imidazole rings is 1. The van der Waals surface area contributed by atoms with Crippen LogP contribution in [0.4, 0.5) is 4.39 Å². The molecule has 2 aromatic heterocycles. The van der Waals surface area contributed by atoms with Gasteiger partial charge in [0.2, 0.25) is 0 Å². The lowest BCUT2D eigenvalue weighted by molar-refractivity contribution is 0.189. The van der Waals surface area contributed by atoms with E-state index >= 15 is 0 Å². The Labute approximate surface area is 176 Å². The van der Waals surface area contributed by atoms with Gasteiger partial charge in [0.25, 0.3) is 0 Å². The first-order valence-corrected chi connectivity index (χ1v) is 10.4. The van der Waals surface area contributed by atoms with Crippen LogP contribution in [0.25, 0.3) is 5.69 Å². The molecular formula is C22H28FN7. The van der Waals surface area contributed by atoms with Crippen molar-refractivity contribution < 1.29 is 4.39 Å². The van der Waals surface area contributed by atoms with Gasteiger partial charge in [-0.2, -0.15) is 5.10 Å². The molecule has 3 heterocycles. The van der Waals surface area contributed by atoms with Crippen LogP contribution < -0.4 is 5.32 Å². The fourth-order valence-corrected chi connectivity index (χ4v) is 3.96. The first-order chi connectivity index (χ1) is 14.6. The van der Waals surface area contributed by atoms with E-state index in [9.17, 15) is 4.39 Å². The molecule has 0 spiro atoms. The average molecular weight is 410 g/mol. The predicted molar refractivity (Wildman–Crippen MR) is 115 cm³/mol. The zero-order valence-corrected chi connectivity index (χ0v) is 17.4. The molecule has 7 nitrogen and oxygen atoms in total. The van der Waals surface area contributed by atoms with Gasteiger partial charge < -0.3 is 14.8 Å². The number of nitrogens with zero attached hydrogens (tertiary/aromatic N) is 6. The van der Waals surface area contributed by atoms with Crippen molar-refractivity contribution in [1.29, 1.82) is 0 Å². The van der Waals surface area contributed by atoms with Crippen LogP contribution in [0.1, 0.15) is 25.1 Å². The van der Waals surface area contributed by atoms with Crippen molar-refractivity contribution in [3.05, 3.63) is 66.8 Å². The van der Waals surface area contributed by atoms with E-state index in [4.69, 9.17) is 0 Å². The van der Waals surface area contributed by atoms with E-state index in [-0.39, 0.29) is 5.82 Å². The third-order valence-electron chi connectivity index (χ3n) is 5.74. The molecule has 1 aliphatic rings. The first kappa shape index (κ1) is 20.1. The van der Waals surface area contributed by atoms with E-state index in [2.05, 4.69) is 36.8 Å². The van der Waals surface area contributed by atoms with Crippen molar-refractivity contribution in [3.8, 4) is 5.69 Å². The second kappa shape index (κ2) is 9.11. The zero-order valence-electron chi connectivity index (χ0n) is 17.4. The van der Waals surface area contributed by atoms with E-state index < -0.39 is 0 Å². The normalized spacial score (nSPS) is 19.8. The smallest absolute Gasteiger partial charge is 0.193 e. The predicted octanol–water partition coefficient (Wildman–Crippen LogP) is 2.91. The molecule has 1 fully saturated rings. The number of benzene rings is 1. The third-order valence-corrected chi connectivity index (χ3v) is 5.74. The van der Waals surface area contributed by atoms with Crippen LogP contribution in [0.3, 0.4) is 0 Å². The highest BCUT2D eigenvalue weighted by Crippen LogP contribution is 2.27. The lowest BCUT2D eigenvalue weighted by Gasteiger charge is -2.39. The molecule has 1 saturated heterocycles. The number of aliphatic imine (C=N–C) groups is 1. The van der Waals surface area contributed by atoms with E-state index in [0.717, 1.165) is 49.8 Å². The SMILES string of the molecule is CN=C(NCCc1ccn(-c2ccc(F)cc2)n1)N1CCC(C)C(n2ccnc2)C1. The van der Waals surface area contributed by atoms with Crippen molar-refractivity contribution >= 4 is 5.96 Å². The highest BCUT2D eigenvalue weighted by molar-refractivity contribution is 5.80. The lowest BCUT2D eigenvalue weighted by Crippen LogP contribution is -2.49. The average Bonchev–Trinajstić information content (AvgIpc) is 3.45. The van der Waals surface area contributed by atoms with Crippen LogP contribution in [-0.4, -0.2) is 56.9 Å². The topological polar surface area (TPSA) is 63.3 Å². The summed E-state index contributed by atoms with van der Waals surface area (Å²) in [5, 5.41) is 8.07. The van der Waals surface area contributed by atoms with Gasteiger partial charge in [0.15, 0.2) is 5.96 Å². The molecule has 1 aliphatic heterocycles. The number of guanidine groups is 1. The van der Waals surface area contributed by atoms with Gasteiger partial charge in [0.1, 0.15) is 5.82 Å². The Morgan fingerprint density at radius 3 is 2.80 bits per heavy atom. The number of piperidine rings is 1. The molecule has 158 valence electrons. The highest BCUT2D eigenvalue weighted by Gasteiger charge is 2.28. The van der Waals surface area contributed by atoms with Gasteiger partial charge in [-0.25, -0.2) is 14.1 Å². The number of aromatic nitrogens is 4. The van der Waals surface area contributed by atoms with Gasteiger partial charge in [-0.05, 0) is 42.7 Å². The van der Waals surface area contributed by atoms with Crippen molar-refractivity contribution in [1.82, 2.24) is 29.5 Å². The van der Waals surface area contributed by atoms with E-state index in [1.54, 1.807) is 16.8 Å². The molecule has 1 aromatic carbocycles. The monoisotopic (exact) mass is 409 g/mol. The van der Waals surface area contributed by atoms with Gasteiger partial charge in [-0.3, -0.25) is 4.99 Å². The van der Waals surface area contributed by atoms with Crippen LogP contribution in [0.5, 0.6) is 0 Å². The summed E-state index contributed by atoms with van der Waals surface area (Å²) in [4.78, 5) is 11.0. The maximum absolute atomic E-state index is 13.1. The molecule has 8 heteroatoms. The summed E-state index contributed by atoms with van der Waals surface area (Å²) in [6, 6.07) is 8.72. The van der Waals surface area contributed by atoms with Gasteiger partial charge in [-0.15, -0.1) is 0 Å². The largest absolute Gasteiger partial charge is 0.356 e. The number of nitrogens with one attached hydrogen (secondary N) is 1. The van der Waals surface area contributed by atoms with Crippen molar-refractivity contribution in [2.45, 2.75) is 25.8 Å². The van der Waals surface area contributed by atoms with E-state index in [0.29, 0.717) is 12.0 Å². The number of likely N-dealkylation sites (tertiary alicyclic amines) is 1. The summed E-state index contributed by atoms with van der Waals surface area (Å²) in [7, 11) is 1.83. The Hall–Kier alpha value is -3.16. The van der Waals surface area contributed by atoms with Crippen LogP contribution in [0, 0.1) is 11.7 Å². The molecule has 0 amide bonds.